The van der Waals surface area contributed by atoms with Crippen LogP contribution in [0.3, 0.4) is 0 Å². The number of fused-ring (bicyclic) bond motifs is 11. The number of nitrogens with zero attached hydrogens (tertiary/aromatic N) is 2. The fourth-order valence-electron chi connectivity index (χ4n) is 8.03. The maximum atomic E-state index is 6.36. The third kappa shape index (κ3) is 3.91. The molecule has 0 saturated carbocycles. The minimum absolute atomic E-state index is 0.905. The predicted octanol–water partition coefficient (Wildman–Crippen LogP) is 13.7. The molecule has 3 nitrogen and oxygen atoms in total. The average Bonchev–Trinajstić information content (AvgIpc) is 3.86. The summed E-state index contributed by atoms with van der Waals surface area (Å²) in [5.74, 6) is 0. The van der Waals surface area contributed by atoms with Crippen molar-refractivity contribution in [3.8, 4) is 5.69 Å². The number of anilines is 3. The predicted molar refractivity (Wildman–Crippen MR) is 213 cm³/mol. The lowest BCUT2D eigenvalue weighted by molar-refractivity contribution is 0.669. The van der Waals surface area contributed by atoms with Gasteiger partial charge in [0.25, 0.3) is 0 Å². The van der Waals surface area contributed by atoms with E-state index in [4.69, 9.17) is 4.42 Å². The molecule has 11 rings (SSSR count). The smallest absolute Gasteiger partial charge is 0.136 e. The molecular weight excluding hydrogens is 629 g/mol. The van der Waals surface area contributed by atoms with Gasteiger partial charge in [0, 0.05) is 48.4 Å². The van der Waals surface area contributed by atoms with Crippen LogP contribution < -0.4 is 4.90 Å². The number of furan rings is 1. The Kier molecular flexibility index (Phi) is 5.83. The molecule has 3 aromatic heterocycles. The molecule has 11 aromatic rings. The molecular formula is C46H28N2OS. The maximum Gasteiger partial charge on any atom is 0.136 e. The first-order valence-electron chi connectivity index (χ1n) is 16.9. The molecule has 0 spiro atoms. The van der Waals surface area contributed by atoms with Crippen LogP contribution in [-0.2, 0) is 0 Å². The Morgan fingerprint density at radius 1 is 0.460 bits per heavy atom. The Labute approximate surface area is 291 Å². The second-order valence-electron chi connectivity index (χ2n) is 12.9. The molecule has 0 aliphatic heterocycles. The van der Waals surface area contributed by atoms with E-state index in [0.717, 1.165) is 44.7 Å². The molecule has 0 N–H and O–H groups in total. The summed E-state index contributed by atoms with van der Waals surface area (Å²) in [6.45, 7) is 0. The van der Waals surface area contributed by atoms with Gasteiger partial charge in [0.1, 0.15) is 11.2 Å². The topological polar surface area (TPSA) is 21.3 Å². The van der Waals surface area contributed by atoms with Gasteiger partial charge < -0.3 is 13.9 Å². The first-order chi connectivity index (χ1) is 24.8. The summed E-state index contributed by atoms with van der Waals surface area (Å²) >= 11 is 1.86. The Balaban J connectivity index is 1.28. The van der Waals surface area contributed by atoms with E-state index in [0.29, 0.717) is 0 Å². The van der Waals surface area contributed by atoms with Gasteiger partial charge in [-0.2, -0.15) is 0 Å². The number of aromatic nitrogens is 1. The number of hydrogen-bond acceptors (Lipinski definition) is 3. The summed E-state index contributed by atoms with van der Waals surface area (Å²) in [5.41, 5.74) is 8.72. The first kappa shape index (κ1) is 27.6. The molecule has 3 heterocycles. The van der Waals surface area contributed by atoms with Crippen molar-refractivity contribution in [3.63, 3.8) is 0 Å². The van der Waals surface area contributed by atoms with E-state index in [1.165, 1.54) is 52.8 Å². The summed E-state index contributed by atoms with van der Waals surface area (Å²) in [4.78, 5) is 2.49. The molecule has 0 aliphatic rings. The summed E-state index contributed by atoms with van der Waals surface area (Å²) in [7, 11) is 0. The normalized spacial score (nSPS) is 12.0. The lowest BCUT2D eigenvalue weighted by atomic mass is 10.0. The Morgan fingerprint density at radius 2 is 1.16 bits per heavy atom. The van der Waals surface area contributed by atoms with E-state index >= 15 is 0 Å². The van der Waals surface area contributed by atoms with Crippen molar-refractivity contribution >= 4 is 103 Å². The van der Waals surface area contributed by atoms with Gasteiger partial charge in [-0.3, -0.25) is 0 Å². The van der Waals surface area contributed by atoms with Crippen molar-refractivity contribution in [2.24, 2.45) is 0 Å². The van der Waals surface area contributed by atoms with Gasteiger partial charge in [0.2, 0.25) is 0 Å². The minimum Gasteiger partial charge on any atom is -0.456 e. The van der Waals surface area contributed by atoms with Crippen LogP contribution in [0.25, 0.3) is 80.4 Å². The van der Waals surface area contributed by atoms with E-state index in [1.807, 2.05) is 17.4 Å². The molecule has 8 aromatic carbocycles. The molecule has 0 atom stereocenters. The zero-order valence-electron chi connectivity index (χ0n) is 26.9. The van der Waals surface area contributed by atoms with E-state index in [1.54, 1.807) is 0 Å². The van der Waals surface area contributed by atoms with Crippen molar-refractivity contribution in [2.75, 3.05) is 4.90 Å². The van der Waals surface area contributed by atoms with Crippen molar-refractivity contribution in [1.29, 1.82) is 0 Å². The summed E-state index contributed by atoms with van der Waals surface area (Å²) in [6, 6.07) is 61.3. The zero-order valence-corrected chi connectivity index (χ0v) is 27.7. The number of para-hydroxylation sites is 3. The quantitative estimate of drug-likeness (QED) is 0.188. The SMILES string of the molecule is c1ccc(-n2c3ccccc3c3c(N(c4ccc5ccc6oc7ccccc7c6c5c4)c4cccc5c4sc4ccccc45)cccc32)cc1. The monoisotopic (exact) mass is 656 g/mol. The third-order valence-corrected chi connectivity index (χ3v) is 11.4. The summed E-state index contributed by atoms with van der Waals surface area (Å²) in [5, 5.41) is 9.66. The van der Waals surface area contributed by atoms with Gasteiger partial charge in [0.15, 0.2) is 0 Å². The van der Waals surface area contributed by atoms with Crippen molar-refractivity contribution < 1.29 is 4.42 Å². The highest BCUT2D eigenvalue weighted by Crippen LogP contribution is 2.49. The van der Waals surface area contributed by atoms with Crippen LogP contribution in [-0.4, -0.2) is 4.57 Å². The molecule has 0 unspecified atom stereocenters. The van der Waals surface area contributed by atoms with Gasteiger partial charge in [0.05, 0.1) is 27.1 Å². The average molecular weight is 657 g/mol. The number of thiophene rings is 1. The van der Waals surface area contributed by atoms with Gasteiger partial charge in [-0.1, -0.05) is 103 Å². The largest absolute Gasteiger partial charge is 0.456 e. The van der Waals surface area contributed by atoms with E-state index in [-0.39, 0.29) is 0 Å². The highest BCUT2D eigenvalue weighted by atomic mass is 32.1. The number of hydrogen-bond donors (Lipinski definition) is 0. The highest BCUT2D eigenvalue weighted by molar-refractivity contribution is 7.26. The zero-order chi connectivity index (χ0) is 32.8. The first-order valence-corrected chi connectivity index (χ1v) is 17.8. The van der Waals surface area contributed by atoms with Gasteiger partial charge >= 0.3 is 0 Å². The molecule has 0 saturated heterocycles. The van der Waals surface area contributed by atoms with E-state index < -0.39 is 0 Å². The molecule has 0 radical (unpaired) electrons. The Hall–Kier alpha value is -6.36. The fraction of sp³-hybridized carbons (Fsp3) is 0. The van der Waals surface area contributed by atoms with Gasteiger partial charge in [-0.25, -0.2) is 0 Å². The minimum atomic E-state index is 0.905. The lowest BCUT2D eigenvalue weighted by Crippen LogP contribution is -2.10. The summed E-state index contributed by atoms with van der Waals surface area (Å²) in [6.07, 6.45) is 0. The summed E-state index contributed by atoms with van der Waals surface area (Å²) < 4.78 is 11.3. The number of benzene rings is 8. The highest BCUT2D eigenvalue weighted by Gasteiger charge is 2.24. The number of rotatable bonds is 4. The molecule has 0 aliphatic carbocycles. The van der Waals surface area contributed by atoms with Crippen LogP contribution in [0.4, 0.5) is 17.1 Å². The van der Waals surface area contributed by atoms with Crippen LogP contribution in [0, 0.1) is 0 Å². The maximum absolute atomic E-state index is 6.36. The van der Waals surface area contributed by atoms with Gasteiger partial charge in [-0.15, -0.1) is 11.3 Å². The second-order valence-corrected chi connectivity index (χ2v) is 13.9. The van der Waals surface area contributed by atoms with Crippen LogP contribution in [0.15, 0.2) is 174 Å². The van der Waals surface area contributed by atoms with Crippen LogP contribution in [0.5, 0.6) is 0 Å². The van der Waals surface area contributed by atoms with E-state index in [2.05, 4.69) is 173 Å². The van der Waals surface area contributed by atoms with Crippen molar-refractivity contribution in [3.05, 3.63) is 170 Å². The molecule has 0 amide bonds. The van der Waals surface area contributed by atoms with Crippen molar-refractivity contribution in [2.45, 2.75) is 0 Å². The lowest BCUT2D eigenvalue weighted by Gasteiger charge is -2.27. The standard InChI is InChI=1S/C46H28N2OS/c1-2-12-30(13-3-1)47-37-18-7-4-15-34(37)45-38(47)19-11-20-39(45)48(40-21-10-17-33-32-14-6-9-23-43(32)50-46(33)40)31-26-24-29-25-27-42-44(36(29)28-31)35-16-5-8-22-41(35)49-42/h1-28H. The Bertz CT molecular complexity index is 3110. The van der Waals surface area contributed by atoms with Crippen molar-refractivity contribution in [1.82, 2.24) is 4.57 Å². The van der Waals surface area contributed by atoms with Crippen LogP contribution in [0.2, 0.25) is 0 Å². The van der Waals surface area contributed by atoms with Gasteiger partial charge in [-0.05, 0) is 77.5 Å². The molecule has 4 heteroatoms. The fourth-order valence-corrected chi connectivity index (χ4v) is 9.23. The molecule has 0 bridgehead atoms. The van der Waals surface area contributed by atoms with Crippen LogP contribution in [0.1, 0.15) is 0 Å². The van der Waals surface area contributed by atoms with E-state index in [9.17, 15) is 0 Å². The Morgan fingerprint density at radius 3 is 2.08 bits per heavy atom. The molecule has 234 valence electrons. The van der Waals surface area contributed by atoms with Crippen LogP contribution >= 0.6 is 11.3 Å². The second kappa shape index (κ2) is 10.6. The molecule has 50 heavy (non-hydrogen) atoms. The molecule has 0 fully saturated rings. The third-order valence-electron chi connectivity index (χ3n) is 10.2.